The molecule has 0 bridgehead atoms. The zero-order valence-electron chi connectivity index (χ0n) is 10.4. The van der Waals surface area contributed by atoms with E-state index in [4.69, 9.17) is 5.11 Å². The predicted octanol–water partition coefficient (Wildman–Crippen LogP) is 2.58. The molecule has 0 aliphatic rings. The minimum absolute atomic E-state index is 0.269. The van der Waals surface area contributed by atoms with Crippen molar-refractivity contribution in [2.45, 2.75) is 26.7 Å². The Bertz CT molecular complexity index is 445. The molecule has 0 aromatic heterocycles. The summed E-state index contributed by atoms with van der Waals surface area (Å²) in [6, 6.07) is 5.93. The Kier molecular flexibility index (Phi) is 4.46. The first-order valence-corrected chi connectivity index (χ1v) is 5.61. The fourth-order valence-electron chi connectivity index (χ4n) is 1.70. The summed E-state index contributed by atoms with van der Waals surface area (Å²) < 4.78 is 0. The van der Waals surface area contributed by atoms with Gasteiger partial charge in [-0.3, -0.25) is 0 Å². The van der Waals surface area contributed by atoms with Crippen LogP contribution in [-0.4, -0.2) is 22.8 Å². The lowest BCUT2D eigenvalue weighted by molar-refractivity contribution is -0.131. The van der Waals surface area contributed by atoms with E-state index in [1.165, 1.54) is 0 Å². The molecular weight excluding hydrogens is 216 g/mol. The molecule has 3 nitrogen and oxygen atoms in total. The number of benzene rings is 1. The number of aryl methyl sites for hydroxylation is 1. The van der Waals surface area contributed by atoms with Gasteiger partial charge in [-0.2, -0.15) is 0 Å². The molecule has 0 fully saturated rings. The van der Waals surface area contributed by atoms with Crippen LogP contribution >= 0.6 is 0 Å². The quantitative estimate of drug-likeness (QED) is 0.787. The number of rotatable bonds is 4. The number of aliphatic hydroxyl groups is 1. The Balaban J connectivity index is 3.27. The van der Waals surface area contributed by atoms with Crippen LogP contribution in [0, 0.1) is 6.92 Å². The van der Waals surface area contributed by atoms with Crippen molar-refractivity contribution in [3.63, 3.8) is 0 Å². The van der Waals surface area contributed by atoms with Crippen LogP contribution in [0.3, 0.4) is 0 Å². The SMILES string of the molecule is Cc1ccc(C(C)C)cc1/C(=C/C(=O)O)CO. The van der Waals surface area contributed by atoms with Gasteiger partial charge in [-0.15, -0.1) is 0 Å². The van der Waals surface area contributed by atoms with Crippen molar-refractivity contribution in [3.05, 3.63) is 41.0 Å². The summed E-state index contributed by atoms with van der Waals surface area (Å²) in [5.41, 5.74) is 3.35. The Hall–Kier alpha value is -1.61. The second kappa shape index (κ2) is 5.64. The highest BCUT2D eigenvalue weighted by molar-refractivity contribution is 5.90. The fraction of sp³-hybridized carbons (Fsp3) is 0.357. The van der Waals surface area contributed by atoms with Gasteiger partial charge in [0.2, 0.25) is 0 Å². The molecule has 92 valence electrons. The van der Waals surface area contributed by atoms with Gasteiger partial charge in [0.25, 0.3) is 0 Å². The molecule has 0 saturated heterocycles. The second-order valence-electron chi connectivity index (χ2n) is 4.39. The van der Waals surface area contributed by atoms with Crippen LogP contribution in [-0.2, 0) is 4.79 Å². The molecule has 0 aliphatic carbocycles. The maximum atomic E-state index is 10.7. The summed E-state index contributed by atoms with van der Waals surface area (Å²) >= 11 is 0. The average molecular weight is 234 g/mol. The summed E-state index contributed by atoms with van der Waals surface area (Å²) in [4.78, 5) is 10.7. The van der Waals surface area contributed by atoms with Crippen LogP contribution < -0.4 is 0 Å². The number of carboxylic acid groups (broad SMARTS) is 1. The zero-order valence-corrected chi connectivity index (χ0v) is 10.4. The lowest BCUT2D eigenvalue weighted by Crippen LogP contribution is -2.00. The van der Waals surface area contributed by atoms with E-state index in [0.29, 0.717) is 11.5 Å². The number of hydrogen-bond acceptors (Lipinski definition) is 2. The molecule has 0 spiro atoms. The summed E-state index contributed by atoms with van der Waals surface area (Å²) in [7, 11) is 0. The van der Waals surface area contributed by atoms with Crippen molar-refractivity contribution in [1.29, 1.82) is 0 Å². The number of carbonyl (C=O) groups is 1. The molecule has 1 rings (SSSR count). The third-order valence-electron chi connectivity index (χ3n) is 2.74. The summed E-state index contributed by atoms with van der Waals surface area (Å²) in [5, 5.41) is 18.0. The Morgan fingerprint density at radius 1 is 1.41 bits per heavy atom. The van der Waals surface area contributed by atoms with Crippen LogP contribution in [0.2, 0.25) is 0 Å². The highest BCUT2D eigenvalue weighted by atomic mass is 16.4. The largest absolute Gasteiger partial charge is 0.478 e. The molecule has 0 amide bonds. The van der Waals surface area contributed by atoms with E-state index in [1.54, 1.807) is 0 Å². The van der Waals surface area contributed by atoms with Gasteiger partial charge in [0.05, 0.1) is 6.61 Å². The monoisotopic (exact) mass is 234 g/mol. The Morgan fingerprint density at radius 2 is 2.06 bits per heavy atom. The van der Waals surface area contributed by atoms with Gasteiger partial charge in [0.15, 0.2) is 0 Å². The Morgan fingerprint density at radius 3 is 2.53 bits per heavy atom. The first-order valence-electron chi connectivity index (χ1n) is 5.61. The molecule has 1 aromatic rings. The topological polar surface area (TPSA) is 57.5 Å². The van der Waals surface area contributed by atoms with E-state index in [-0.39, 0.29) is 6.61 Å². The van der Waals surface area contributed by atoms with Gasteiger partial charge in [-0.25, -0.2) is 4.79 Å². The van der Waals surface area contributed by atoms with E-state index in [1.807, 2.05) is 25.1 Å². The highest BCUT2D eigenvalue weighted by Crippen LogP contribution is 2.24. The third kappa shape index (κ3) is 3.43. The molecule has 0 saturated carbocycles. The minimum atomic E-state index is -1.04. The van der Waals surface area contributed by atoms with Crippen molar-refractivity contribution < 1.29 is 15.0 Å². The van der Waals surface area contributed by atoms with Gasteiger partial charge in [-0.1, -0.05) is 32.0 Å². The summed E-state index contributed by atoms with van der Waals surface area (Å²) in [5.74, 6) is -0.664. The van der Waals surface area contributed by atoms with Crippen molar-refractivity contribution in [1.82, 2.24) is 0 Å². The first-order chi connectivity index (χ1) is 7.95. The van der Waals surface area contributed by atoms with Crippen molar-refractivity contribution in [2.75, 3.05) is 6.61 Å². The molecule has 17 heavy (non-hydrogen) atoms. The summed E-state index contributed by atoms with van der Waals surface area (Å²) in [6.07, 6.45) is 1.06. The molecule has 0 heterocycles. The van der Waals surface area contributed by atoms with Gasteiger partial charge < -0.3 is 10.2 Å². The predicted molar refractivity (Wildman–Crippen MR) is 68.0 cm³/mol. The van der Waals surface area contributed by atoms with E-state index < -0.39 is 5.97 Å². The second-order valence-corrected chi connectivity index (χ2v) is 4.39. The maximum Gasteiger partial charge on any atom is 0.328 e. The van der Waals surface area contributed by atoms with Crippen LogP contribution in [0.15, 0.2) is 24.3 Å². The zero-order chi connectivity index (χ0) is 13.0. The first kappa shape index (κ1) is 13.5. The lowest BCUT2D eigenvalue weighted by Gasteiger charge is -2.12. The van der Waals surface area contributed by atoms with Crippen LogP contribution in [0.5, 0.6) is 0 Å². The molecule has 2 N–H and O–H groups in total. The molecule has 1 aromatic carbocycles. The fourth-order valence-corrected chi connectivity index (χ4v) is 1.70. The standard InChI is InChI=1S/C14H18O3/c1-9(2)11-5-4-10(3)13(6-11)12(8-15)7-14(16)17/h4-7,9,15H,8H2,1-3H3,(H,16,17)/b12-7+. The van der Waals surface area contributed by atoms with Crippen LogP contribution in [0.1, 0.15) is 36.5 Å². The van der Waals surface area contributed by atoms with Crippen molar-refractivity contribution >= 4 is 11.5 Å². The van der Waals surface area contributed by atoms with Crippen LogP contribution in [0.4, 0.5) is 0 Å². The number of carboxylic acids is 1. The van der Waals surface area contributed by atoms with Crippen molar-refractivity contribution in [3.8, 4) is 0 Å². The van der Waals surface area contributed by atoms with Crippen molar-refractivity contribution in [2.24, 2.45) is 0 Å². The molecule has 0 unspecified atom stereocenters. The molecule has 3 heteroatoms. The normalized spacial score (nSPS) is 11.9. The molecular formula is C14H18O3. The highest BCUT2D eigenvalue weighted by Gasteiger charge is 2.09. The summed E-state index contributed by atoms with van der Waals surface area (Å²) in [6.45, 7) is 5.79. The van der Waals surface area contributed by atoms with E-state index in [9.17, 15) is 9.90 Å². The van der Waals surface area contributed by atoms with Gasteiger partial charge in [0.1, 0.15) is 0 Å². The molecule has 0 atom stereocenters. The van der Waals surface area contributed by atoms with E-state index in [0.717, 1.165) is 22.8 Å². The van der Waals surface area contributed by atoms with E-state index in [2.05, 4.69) is 13.8 Å². The average Bonchev–Trinajstić information content (AvgIpc) is 2.26. The van der Waals surface area contributed by atoms with E-state index >= 15 is 0 Å². The van der Waals surface area contributed by atoms with Gasteiger partial charge in [-0.05, 0) is 35.1 Å². The number of aliphatic carboxylic acids is 1. The van der Waals surface area contributed by atoms with Crippen LogP contribution in [0.25, 0.3) is 5.57 Å². The number of hydrogen-bond donors (Lipinski definition) is 2. The number of aliphatic hydroxyl groups excluding tert-OH is 1. The van der Waals surface area contributed by atoms with Gasteiger partial charge in [0, 0.05) is 6.08 Å². The molecule has 0 aliphatic heterocycles. The smallest absolute Gasteiger partial charge is 0.328 e. The third-order valence-corrected chi connectivity index (χ3v) is 2.74. The Labute approximate surface area is 101 Å². The maximum absolute atomic E-state index is 10.7. The minimum Gasteiger partial charge on any atom is -0.478 e. The molecule has 0 radical (unpaired) electrons. The van der Waals surface area contributed by atoms with Gasteiger partial charge >= 0.3 is 5.97 Å². The lowest BCUT2D eigenvalue weighted by atomic mass is 9.94.